The van der Waals surface area contributed by atoms with Crippen LogP contribution >= 0.6 is 11.6 Å². The first-order valence-electron chi connectivity index (χ1n) is 9.15. The number of hydrogen-bond acceptors (Lipinski definition) is 4. The molecule has 2 amide bonds. The molecule has 8 nitrogen and oxygen atoms in total. The summed E-state index contributed by atoms with van der Waals surface area (Å²) in [6, 6.07) is 4.07. The summed E-state index contributed by atoms with van der Waals surface area (Å²) in [6.07, 6.45) is -0.576. The van der Waals surface area contributed by atoms with Gasteiger partial charge in [0.25, 0.3) is 5.91 Å². The van der Waals surface area contributed by atoms with Crippen molar-refractivity contribution in [2.45, 2.75) is 25.1 Å². The number of aromatic nitrogens is 4. The van der Waals surface area contributed by atoms with Crippen LogP contribution in [0.15, 0.2) is 30.6 Å². The van der Waals surface area contributed by atoms with Gasteiger partial charge in [0.2, 0.25) is 5.91 Å². The zero-order valence-electron chi connectivity index (χ0n) is 16.1. The molecule has 1 saturated carbocycles. The summed E-state index contributed by atoms with van der Waals surface area (Å²) >= 11 is 5.97. The predicted molar refractivity (Wildman–Crippen MR) is 106 cm³/mol. The van der Waals surface area contributed by atoms with E-state index in [1.807, 2.05) is 0 Å². The van der Waals surface area contributed by atoms with Crippen LogP contribution < -0.4 is 11.1 Å². The van der Waals surface area contributed by atoms with Crippen LogP contribution in [0.2, 0.25) is 5.02 Å². The number of halogens is 4. The summed E-state index contributed by atoms with van der Waals surface area (Å²) in [6.45, 7) is 0. The van der Waals surface area contributed by atoms with Crippen molar-refractivity contribution in [2.75, 3.05) is 5.32 Å². The standard InChI is InChI=1S/C19H16ClF3N6O2/c1-28-14(12-8-29(10-3-4-10)27-15(12)19(21,22)23)7-25-17(28)18(31)26-9-2-5-11(16(24)30)13(20)6-9/h2,5-8,10H,3-4H2,1H3,(H2,24,30)(H,26,31). The molecule has 0 radical (unpaired) electrons. The molecule has 1 fully saturated rings. The number of hydrogen-bond donors (Lipinski definition) is 2. The molecular formula is C19H16ClF3N6O2. The third-order valence-electron chi connectivity index (χ3n) is 4.88. The second kappa shape index (κ2) is 7.41. The number of amides is 2. The van der Waals surface area contributed by atoms with E-state index in [2.05, 4.69) is 15.4 Å². The minimum Gasteiger partial charge on any atom is -0.366 e. The van der Waals surface area contributed by atoms with Crippen LogP contribution in [0.4, 0.5) is 18.9 Å². The fourth-order valence-corrected chi connectivity index (χ4v) is 3.44. The number of nitrogens with two attached hydrogens (primary N) is 1. The Morgan fingerprint density at radius 3 is 2.58 bits per heavy atom. The summed E-state index contributed by atoms with van der Waals surface area (Å²) in [5.74, 6) is -1.50. The maximum atomic E-state index is 13.5. The number of carbonyl (C=O) groups excluding carboxylic acids is 2. The van der Waals surface area contributed by atoms with E-state index in [4.69, 9.17) is 17.3 Å². The van der Waals surface area contributed by atoms with Gasteiger partial charge in [-0.05, 0) is 31.0 Å². The summed E-state index contributed by atoms with van der Waals surface area (Å²) in [7, 11) is 1.44. The van der Waals surface area contributed by atoms with Crippen LogP contribution in [0, 0.1) is 0 Å². The van der Waals surface area contributed by atoms with Crippen LogP contribution in [0.25, 0.3) is 11.3 Å². The molecule has 31 heavy (non-hydrogen) atoms. The van der Waals surface area contributed by atoms with Crippen molar-refractivity contribution in [1.82, 2.24) is 19.3 Å². The number of nitrogens with zero attached hydrogens (tertiary/aromatic N) is 4. The molecule has 3 aromatic rings. The molecule has 0 atom stereocenters. The van der Waals surface area contributed by atoms with E-state index < -0.39 is 23.7 Å². The van der Waals surface area contributed by atoms with Crippen molar-refractivity contribution in [3.63, 3.8) is 0 Å². The molecule has 1 aromatic carbocycles. The van der Waals surface area contributed by atoms with E-state index in [1.165, 1.54) is 46.9 Å². The van der Waals surface area contributed by atoms with Gasteiger partial charge < -0.3 is 15.6 Å². The van der Waals surface area contributed by atoms with Gasteiger partial charge in [-0.3, -0.25) is 14.3 Å². The van der Waals surface area contributed by atoms with E-state index >= 15 is 0 Å². The van der Waals surface area contributed by atoms with Gasteiger partial charge in [-0.25, -0.2) is 4.98 Å². The summed E-state index contributed by atoms with van der Waals surface area (Å²) < 4.78 is 43.1. The predicted octanol–water partition coefficient (Wildman–Crippen LogP) is 3.64. The van der Waals surface area contributed by atoms with Crippen molar-refractivity contribution in [3.05, 3.63) is 52.7 Å². The number of carbonyl (C=O) groups is 2. The number of primary amides is 1. The average Bonchev–Trinajstić information content (AvgIpc) is 3.30. The van der Waals surface area contributed by atoms with Gasteiger partial charge in [0, 0.05) is 18.9 Å². The van der Waals surface area contributed by atoms with Crippen LogP contribution in [-0.4, -0.2) is 31.1 Å². The minimum atomic E-state index is -4.65. The quantitative estimate of drug-likeness (QED) is 0.616. The Morgan fingerprint density at radius 1 is 1.29 bits per heavy atom. The molecule has 0 unspecified atom stereocenters. The van der Waals surface area contributed by atoms with Gasteiger partial charge in [-0.15, -0.1) is 0 Å². The summed E-state index contributed by atoms with van der Waals surface area (Å²) in [4.78, 5) is 27.9. The zero-order valence-corrected chi connectivity index (χ0v) is 16.8. The number of nitrogens with one attached hydrogen (secondary N) is 1. The maximum absolute atomic E-state index is 13.5. The van der Waals surface area contributed by atoms with E-state index in [9.17, 15) is 22.8 Å². The molecular weight excluding hydrogens is 437 g/mol. The van der Waals surface area contributed by atoms with Gasteiger partial charge >= 0.3 is 6.18 Å². The first-order valence-corrected chi connectivity index (χ1v) is 9.53. The molecule has 162 valence electrons. The third-order valence-corrected chi connectivity index (χ3v) is 5.19. The highest BCUT2D eigenvalue weighted by Gasteiger charge is 2.40. The van der Waals surface area contributed by atoms with Crippen LogP contribution in [0.1, 0.15) is 45.6 Å². The van der Waals surface area contributed by atoms with Crippen molar-refractivity contribution in [2.24, 2.45) is 12.8 Å². The number of imidazole rings is 1. The summed E-state index contributed by atoms with van der Waals surface area (Å²) in [5, 5.41) is 6.31. The Labute approximate surface area is 178 Å². The van der Waals surface area contributed by atoms with Crippen molar-refractivity contribution in [1.29, 1.82) is 0 Å². The monoisotopic (exact) mass is 452 g/mol. The fraction of sp³-hybridized carbons (Fsp3) is 0.263. The zero-order chi connectivity index (χ0) is 22.5. The second-order valence-corrected chi connectivity index (χ2v) is 7.55. The normalized spacial score (nSPS) is 14.0. The number of benzene rings is 1. The van der Waals surface area contributed by atoms with Crippen molar-refractivity contribution < 1.29 is 22.8 Å². The van der Waals surface area contributed by atoms with Crippen molar-refractivity contribution >= 4 is 29.1 Å². The highest BCUT2D eigenvalue weighted by Crippen LogP contribution is 2.40. The Kier molecular flexibility index (Phi) is 5.00. The third kappa shape index (κ3) is 4.00. The topological polar surface area (TPSA) is 108 Å². The minimum absolute atomic E-state index is 0.0426. The first-order chi connectivity index (χ1) is 14.6. The lowest BCUT2D eigenvalue weighted by Crippen LogP contribution is -2.18. The highest BCUT2D eigenvalue weighted by molar-refractivity contribution is 6.34. The molecule has 0 spiro atoms. The maximum Gasteiger partial charge on any atom is 0.435 e. The number of alkyl halides is 3. The van der Waals surface area contributed by atoms with Gasteiger partial charge in [0.1, 0.15) is 0 Å². The lowest BCUT2D eigenvalue weighted by molar-refractivity contribution is -0.141. The molecule has 2 aromatic heterocycles. The van der Waals surface area contributed by atoms with Crippen LogP contribution in [-0.2, 0) is 13.2 Å². The fourth-order valence-electron chi connectivity index (χ4n) is 3.17. The SMILES string of the molecule is Cn1c(-c2cn(C3CC3)nc2C(F)(F)F)cnc1C(=O)Nc1ccc(C(N)=O)c(Cl)c1. The van der Waals surface area contributed by atoms with E-state index in [0.29, 0.717) is 0 Å². The lowest BCUT2D eigenvalue weighted by Gasteiger charge is -2.09. The Hall–Kier alpha value is -3.34. The Balaban J connectivity index is 1.64. The lowest BCUT2D eigenvalue weighted by atomic mass is 10.2. The van der Waals surface area contributed by atoms with E-state index in [0.717, 1.165) is 12.8 Å². The van der Waals surface area contributed by atoms with Crippen molar-refractivity contribution in [3.8, 4) is 11.3 Å². The number of anilines is 1. The molecule has 0 bridgehead atoms. The largest absolute Gasteiger partial charge is 0.435 e. The van der Waals surface area contributed by atoms with Gasteiger partial charge in [-0.2, -0.15) is 18.3 Å². The molecule has 3 N–H and O–H groups in total. The second-order valence-electron chi connectivity index (χ2n) is 7.14. The smallest absolute Gasteiger partial charge is 0.366 e. The van der Waals surface area contributed by atoms with E-state index in [-0.39, 0.29) is 39.4 Å². The van der Waals surface area contributed by atoms with Gasteiger partial charge in [-0.1, -0.05) is 11.6 Å². The molecule has 1 aliphatic carbocycles. The van der Waals surface area contributed by atoms with Crippen LogP contribution in [0.5, 0.6) is 0 Å². The van der Waals surface area contributed by atoms with Gasteiger partial charge in [0.15, 0.2) is 11.5 Å². The van der Waals surface area contributed by atoms with E-state index in [1.54, 1.807) is 0 Å². The molecule has 2 heterocycles. The highest BCUT2D eigenvalue weighted by atomic mass is 35.5. The molecule has 0 saturated heterocycles. The number of rotatable bonds is 5. The molecule has 0 aliphatic heterocycles. The molecule has 12 heteroatoms. The first kappa shape index (κ1) is 20.9. The molecule has 4 rings (SSSR count). The molecule has 1 aliphatic rings. The Morgan fingerprint density at radius 2 is 2.00 bits per heavy atom. The van der Waals surface area contributed by atoms with Crippen LogP contribution in [0.3, 0.4) is 0 Å². The summed E-state index contributed by atoms with van der Waals surface area (Å²) in [5.41, 5.74) is 4.47. The average molecular weight is 453 g/mol. The van der Waals surface area contributed by atoms with Gasteiger partial charge in [0.05, 0.1) is 34.1 Å². The Bertz CT molecular complexity index is 1200.